The van der Waals surface area contributed by atoms with Gasteiger partial charge in [-0.2, -0.15) is 0 Å². The quantitative estimate of drug-likeness (QED) is 0.678. The Balaban J connectivity index is 1.84. The molecule has 1 amide bonds. The van der Waals surface area contributed by atoms with Crippen molar-refractivity contribution in [2.24, 2.45) is 0 Å². The van der Waals surface area contributed by atoms with Gasteiger partial charge >= 0.3 is 0 Å². The number of hydrogen-bond donors (Lipinski definition) is 1. The first kappa shape index (κ1) is 13.0. The molecule has 2 rings (SSSR count). The van der Waals surface area contributed by atoms with Crippen LogP contribution in [0.4, 0.5) is 0 Å². The van der Waals surface area contributed by atoms with Crippen LogP contribution in [0, 0.1) is 3.57 Å². The summed E-state index contributed by atoms with van der Waals surface area (Å²) in [5.74, 6) is -0.234. The van der Waals surface area contributed by atoms with Crippen LogP contribution in [0.15, 0.2) is 54.6 Å². The molecule has 4 heteroatoms. The standard InChI is InChI=1S/C14H12INO2/c15-13-8-6-12(7-9-13)14(17)16-18-10-11-4-2-1-3-5-11/h1-9H,10H2,(H,16,17). The number of nitrogens with one attached hydrogen (secondary N) is 1. The molecule has 0 spiro atoms. The second-order valence-corrected chi connectivity index (χ2v) is 4.96. The molecule has 2 aromatic rings. The smallest absolute Gasteiger partial charge is 0.269 e. The van der Waals surface area contributed by atoms with Crippen LogP contribution < -0.4 is 5.48 Å². The number of carbonyl (C=O) groups is 1. The lowest BCUT2D eigenvalue weighted by atomic mass is 10.2. The summed E-state index contributed by atoms with van der Waals surface area (Å²) in [4.78, 5) is 16.9. The van der Waals surface area contributed by atoms with Crippen molar-refractivity contribution in [1.82, 2.24) is 5.48 Å². The molecule has 3 nitrogen and oxygen atoms in total. The van der Waals surface area contributed by atoms with E-state index in [1.54, 1.807) is 12.1 Å². The van der Waals surface area contributed by atoms with Crippen LogP contribution in [0.5, 0.6) is 0 Å². The third-order valence-electron chi connectivity index (χ3n) is 2.35. The van der Waals surface area contributed by atoms with Gasteiger partial charge in [0.1, 0.15) is 0 Å². The van der Waals surface area contributed by atoms with Crippen LogP contribution >= 0.6 is 22.6 Å². The molecule has 0 atom stereocenters. The van der Waals surface area contributed by atoms with E-state index in [0.717, 1.165) is 9.13 Å². The monoisotopic (exact) mass is 353 g/mol. The lowest BCUT2D eigenvalue weighted by Gasteiger charge is -2.06. The molecule has 0 saturated heterocycles. The minimum absolute atomic E-state index is 0.234. The van der Waals surface area contributed by atoms with Gasteiger partial charge in [0.05, 0.1) is 6.61 Å². The Morgan fingerprint density at radius 3 is 2.39 bits per heavy atom. The van der Waals surface area contributed by atoms with Crippen LogP contribution in [0.2, 0.25) is 0 Å². The molecule has 2 aromatic carbocycles. The highest BCUT2D eigenvalue weighted by atomic mass is 127. The Hall–Kier alpha value is -1.40. The molecule has 0 aliphatic carbocycles. The van der Waals surface area contributed by atoms with E-state index in [0.29, 0.717) is 12.2 Å². The second kappa shape index (κ2) is 6.51. The summed E-state index contributed by atoms with van der Waals surface area (Å²) in [5.41, 5.74) is 4.03. The fraction of sp³-hybridized carbons (Fsp3) is 0.0714. The second-order valence-electron chi connectivity index (χ2n) is 3.71. The van der Waals surface area contributed by atoms with Gasteiger partial charge in [-0.05, 0) is 52.4 Å². The van der Waals surface area contributed by atoms with Crippen LogP contribution in [-0.4, -0.2) is 5.91 Å². The van der Waals surface area contributed by atoms with Crippen molar-refractivity contribution in [3.05, 3.63) is 69.3 Å². The largest absolute Gasteiger partial charge is 0.274 e. The lowest BCUT2D eigenvalue weighted by molar-refractivity contribution is 0.0233. The zero-order valence-electron chi connectivity index (χ0n) is 9.60. The van der Waals surface area contributed by atoms with Crippen LogP contribution in [0.1, 0.15) is 15.9 Å². The number of hydrogen-bond acceptors (Lipinski definition) is 2. The van der Waals surface area contributed by atoms with E-state index in [-0.39, 0.29) is 5.91 Å². The Morgan fingerprint density at radius 2 is 1.72 bits per heavy atom. The van der Waals surface area contributed by atoms with E-state index in [1.807, 2.05) is 42.5 Å². The summed E-state index contributed by atoms with van der Waals surface area (Å²) in [7, 11) is 0. The average molecular weight is 353 g/mol. The Labute approximate surface area is 119 Å². The summed E-state index contributed by atoms with van der Waals surface area (Å²) in [6.45, 7) is 0.358. The van der Waals surface area contributed by atoms with E-state index in [2.05, 4.69) is 28.1 Å². The van der Waals surface area contributed by atoms with Crippen molar-refractivity contribution in [3.63, 3.8) is 0 Å². The summed E-state index contributed by atoms with van der Waals surface area (Å²) in [6.07, 6.45) is 0. The Kier molecular flexibility index (Phi) is 4.72. The van der Waals surface area contributed by atoms with Gasteiger partial charge in [0.15, 0.2) is 0 Å². The van der Waals surface area contributed by atoms with Gasteiger partial charge in [-0.1, -0.05) is 30.3 Å². The maximum atomic E-state index is 11.7. The highest BCUT2D eigenvalue weighted by Gasteiger charge is 2.04. The van der Waals surface area contributed by atoms with Gasteiger partial charge in [-0.15, -0.1) is 0 Å². The van der Waals surface area contributed by atoms with Gasteiger partial charge in [0.25, 0.3) is 5.91 Å². The Morgan fingerprint density at radius 1 is 1.06 bits per heavy atom. The van der Waals surface area contributed by atoms with Crippen LogP contribution in [-0.2, 0) is 11.4 Å². The van der Waals surface area contributed by atoms with Crippen molar-refractivity contribution < 1.29 is 9.63 Å². The highest BCUT2D eigenvalue weighted by Crippen LogP contribution is 2.06. The molecule has 0 unspecified atom stereocenters. The number of rotatable bonds is 4. The topological polar surface area (TPSA) is 38.3 Å². The van der Waals surface area contributed by atoms with Crippen LogP contribution in [0.25, 0.3) is 0 Å². The normalized spacial score (nSPS) is 10.1. The first-order chi connectivity index (χ1) is 8.75. The van der Waals surface area contributed by atoms with Gasteiger partial charge < -0.3 is 0 Å². The van der Waals surface area contributed by atoms with Crippen molar-refractivity contribution in [2.75, 3.05) is 0 Å². The van der Waals surface area contributed by atoms with Crippen molar-refractivity contribution >= 4 is 28.5 Å². The predicted octanol–water partition coefficient (Wildman–Crippen LogP) is 3.15. The first-order valence-corrected chi connectivity index (χ1v) is 6.55. The Bertz CT molecular complexity index is 511. The third-order valence-corrected chi connectivity index (χ3v) is 3.07. The van der Waals surface area contributed by atoms with Gasteiger partial charge in [-0.25, -0.2) is 5.48 Å². The number of benzene rings is 2. The molecule has 0 heterocycles. The molecular weight excluding hydrogens is 341 g/mol. The molecule has 1 N–H and O–H groups in total. The number of amides is 1. The zero-order chi connectivity index (χ0) is 12.8. The number of halogens is 1. The number of hydroxylamine groups is 1. The predicted molar refractivity (Wildman–Crippen MR) is 77.9 cm³/mol. The molecule has 0 bridgehead atoms. The minimum atomic E-state index is -0.234. The van der Waals surface area contributed by atoms with Crippen LogP contribution in [0.3, 0.4) is 0 Å². The summed E-state index contributed by atoms with van der Waals surface area (Å²) in [5, 5.41) is 0. The SMILES string of the molecule is O=C(NOCc1ccccc1)c1ccc(I)cc1. The first-order valence-electron chi connectivity index (χ1n) is 5.47. The third kappa shape index (κ3) is 3.82. The van der Waals surface area contributed by atoms with E-state index in [9.17, 15) is 4.79 Å². The molecule has 0 aromatic heterocycles. The molecule has 0 radical (unpaired) electrons. The molecule has 0 aliphatic rings. The highest BCUT2D eigenvalue weighted by molar-refractivity contribution is 14.1. The van der Waals surface area contributed by atoms with E-state index < -0.39 is 0 Å². The van der Waals surface area contributed by atoms with E-state index in [1.165, 1.54) is 0 Å². The molecule has 18 heavy (non-hydrogen) atoms. The summed E-state index contributed by atoms with van der Waals surface area (Å²) < 4.78 is 1.09. The van der Waals surface area contributed by atoms with Crippen molar-refractivity contribution in [3.8, 4) is 0 Å². The van der Waals surface area contributed by atoms with E-state index >= 15 is 0 Å². The van der Waals surface area contributed by atoms with E-state index in [4.69, 9.17) is 4.84 Å². The maximum absolute atomic E-state index is 11.7. The van der Waals surface area contributed by atoms with Gasteiger partial charge in [0, 0.05) is 9.13 Å². The maximum Gasteiger partial charge on any atom is 0.274 e. The average Bonchev–Trinajstić information content (AvgIpc) is 2.40. The molecule has 0 fully saturated rings. The minimum Gasteiger partial charge on any atom is -0.269 e. The fourth-order valence-corrected chi connectivity index (χ4v) is 1.78. The zero-order valence-corrected chi connectivity index (χ0v) is 11.8. The molecule has 0 saturated carbocycles. The fourth-order valence-electron chi connectivity index (χ4n) is 1.42. The molecule has 92 valence electrons. The lowest BCUT2D eigenvalue weighted by Crippen LogP contribution is -2.23. The number of carbonyl (C=O) groups excluding carboxylic acids is 1. The molecular formula is C14H12INO2. The van der Waals surface area contributed by atoms with Crippen molar-refractivity contribution in [2.45, 2.75) is 6.61 Å². The van der Waals surface area contributed by atoms with Gasteiger partial charge in [0.2, 0.25) is 0 Å². The molecule has 0 aliphatic heterocycles. The van der Waals surface area contributed by atoms with Crippen molar-refractivity contribution in [1.29, 1.82) is 0 Å². The summed E-state index contributed by atoms with van der Waals surface area (Å²) in [6, 6.07) is 17.0. The van der Waals surface area contributed by atoms with Gasteiger partial charge in [-0.3, -0.25) is 9.63 Å². The summed E-state index contributed by atoms with van der Waals surface area (Å²) >= 11 is 2.19.